The van der Waals surface area contributed by atoms with Crippen LogP contribution in [0.2, 0.25) is 0 Å². The molecule has 0 aliphatic carbocycles. The van der Waals surface area contributed by atoms with Crippen molar-refractivity contribution in [3.05, 3.63) is 90.0 Å². The summed E-state index contributed by atoms with van der Waals surface area (Å²) in [6.07, 6.45) is 2.01. The second kappa shape index (κ2) is 5.32. The predicted molar refractivity (Wildman–Crippen MR) is 104 cm³/mol. The van der Waals surface area contributed by atoms with Crippen molar-refractivity contribution in [3.63, 3.8) is 0 Å². The highest BCUT2D eigenvalue weighted by molar-refractivity contribution is 6.35. The highest BCUT2D eigenvalue weighted by atomic mass is 16.2. The molecule has 0 radical (unpaired) electrons. The average molecular weight is 321 g/mol. The van der Waals surface area contributed by atoms with E-state index < -0.39 is 0 Å². The van der Waals surface area contributed by atoms with Gasteiger partial charge in [0.15, 0.2) is 0 Å². The topological polar surface area (TPSA) is 29.1 Å². The van der Waals surface area contributed by atoms with Gasteiger partial charge in [-0.15, -0.1) is 0 Å². The van der Waals surface area contributed by atoms with Crippen molar-refractivity contribution in [2.75, 3.05) is 5.32 Å². The highest BCUT2D eigenvalue weighted by Crippen LogP contribution is 2.35. The van der Waals surface area contributed by atoms with Gasteiger partial charge in [0.05, 0.1) is 0 Å². The Morgan fingerprint density at radius 2 is 1.40 bits per heavy atom. The number of hydrogen-bond acceptors (Lipinski definition) is 1. The van der Waals surface area contributed by atoms with Crippen molar-refractivity contribution in [3.8, 4) is 0 Å². The van der Waals surface area contributed by atoms with Gasteiger partial charge in [-0.05, 0) is 45.3 Å². The molecular formula is C23H15NO. The third kappa shape index (κ3) is 2.15. The number of nitrogens with one attached hydrogen (secondary N) is 1. The van der Waals surface area contributed by atoms with Crippen LogP contribution in [0.4, 0.5) is 5.69 Å². The monoisotopic (exact) mass is 321 g/mol. The summed E-state index contributed by atoms with van der Waals surface area (Å²) in [5, 5.41) is 7.72. The Bertz CT molecular complexity index is 1190. The molecule has 0 spiro atoms. The summed E-state index contributed by atoms with van der Waals surface area (Å²) in [4.78, 5) is 12.5. The quantitative estimate of drug-likeness (QED) is 0.365. The number of para-hydroxylation sites is 1. The molecule has 5 rings (SSSR count). The van der Waals surface area contributed by atoms with Gasteiger partial charge in [0, 0.05) is 16.8 Å². The summed E-state index contributed by atoms with van der Waals surface area (Å²) < 4.78 is 0. The largest absolute Gasteiger partial charge is 0.321 e. The Kier molecular flexibility index (Phi) is 2.98. The molecule has 0 saturated carbocycles. The number of amides is 1. The third-order valence-corrected chi connectivity index (χ3v) is 4.81. The van der Waals surface area contributed by atoms with Gasteiger partial charge in [-0.3, -0.25) is 4.79 Å². The van der Waals surface area contributed by atoms with E-state index in [1.54, 1.807) is 0 Å². The second-order valence-corrected chi connectivity index (χ2v) is 6.29. The van der Waals surface area contributed by atoms with E-state index in [1.807, 2.05) is 42.5 Å². The Hall–Kier alpha value is -3.39. The van der Waals surface area contributed by atoms with Crippen molar-refractivity contribution in [2.45, 2.75) is 0 Å². The molecule has 0 atom stereocenters. The van der Waals surface area contributed by atoms with Gasteiger partial charge in [-0.25, -0.2) is 0 Å². The zero-order chi connectivity index (χ0) is 16.8. The molecule has 2 nitrogen and oxygen atoms in total. The maximum Gasteiger partial charge on any atom is 0.256 e. The molecule has 1 heterocycles. The Labute approximate surface area is 145 Å². The van der Waals surface area contributed by atoms with Crippen LogP contribution in [0.25, 0.3) is 33.2 Å². The summed E-state index contributed by atoms with van der Waals surface area (Å²) in [6.45, 7) is 0. The molecule has 1 aliphatic heterocycles. The molecule has 0 bridgehead atoms. The number of rotatable bonds is 1. The SMILES string of the molecule is O=C1Nc2ccccc2/C1=C\c1cc2ccccc2c2ccccc12. The molecular weight excluding hydrogens is 306 g/mol. The van der Waals surface area contributed by atoms with Crippen molar-refractivity contribution in [1.29, 1.82) is 0 Å². The van der Waals surface area contributed by atoms with Crippen LogP contribution in [0.15, 0.2) is 78.9 Å². The summed E-state index contributed by atoms with van der Waals surface area (Å²) >= 11 is 0. The van der Waals surface area contributed by atoms with Crippen LogP contribution >= 0.6 is 0 Å². The lowest BCUT2D eigenvalue weighted by Gasteiger charge is -2.08. The van der Waals surface area contributed by atoms with Crippen LogP contribution in [-0.2, 0) is 4.79 Å². The molecule has 0 unspecified atom stereocenters. The summed E-state index contributed by atoms with van der Waals surface area (Å²) in [5.41, 5.74) is 3.63. The third-order valence-electron chi connectivity index (χ3n) is 4.81. The predicted octanol–water partition coefficient (Wildman–Crippen LogP) is 5.49. The molecule has 0 aromatic heterocycles. The number of carbonyl (C=O) groups excluding carboxylic acids is 1. The van der Waals surface area contributed by atoms with Crippen molar-refractivity contribution >= 4 is 44.8 Å². The maximum atomic E-state index is 12.5. The maximum absolute atomic E-state index is 12.5. The fourth-order valence-electron chi connectivity index (χ4n) is 3.64. The number of carbonyl (C=O) groups is 1. The smallest absolute Gasteiger partial charge is 0.256 e. The van der Waals surface area contributed by atoms with Crippen LogP contribution in [0.5, 0.6) is 0 Å². The van der Waals surface area contributed by atoms with Crippen molar-refractivity contribution in [2.24, 2.45) is 0 Å². The molecule has 2 heteroatoms. The van der Waals surface area contributed by atoms with Crippen LogP contribution < -0.4 is 5.32 Å². The summed E-state index contributed by atoms with van der Waals surface area (Å²) in [6, 6.07) is 26.7. The molecule has 0 saturated heterocycles. The summed E-state index contributed by atoms with van der Waals surface area (Å²) in [5.74, 6) is -0.0431. The van der Waals surface area contributed by atoms with Gasteiger partial charge in [0.1, 0.15) is 0 Å². The van der Waals surface area contributed by atoms with Crippen LogP contribution in [-0.4, -0.2) is 5.91 Å². The molecule has 118 valence electrons. The number of anilines is 1. The number of benzene rings is 4. The first-order chi connectivity index (χ1) is 12.3. The van der Waals surface area contributed by atoms with Gasteiger partial charge in [-0.1, -0.05) is 66.7 Å². The minimum atomic E-state index is -0.0431. The van der Waals surface area contributed by atoms with Crippen LogP contribution in [0, 0.1) is 0 Å². The molecule has 4 aromatic rings. The van der Waals surface area contributed by atoms with E-state index in [0.717, 1.165) is 27.8 Å². The Morgan fingerprint density at radius 3 is 2.28 bits per heavy atom. The lowest BCUT2D eigenvalue weighted by molar-refractivity contribution is -0.110. The molecule has 25 heavy (non-hydrogen) atoms. The minimum Gasteiger partial charge on any atom is -0.321 e. The fraction of sp³-hybridized carbons (Fsp3) is 0. The first-order valence-electron chi connectivity index (χ1n) is 8.34. The Morgan fingerprint density at radius 1 is 0.720 bits per heavy atom. The number of hydrogen-bond donors (Lipinski definition) is 1. The average Bonchev–Trinajstić information content (AvgIpc) is 2.97. The van der Waals surface area contributed by atoms with E-state index in [0.29, 0.717) is 0 Å². The molecule has 4 aromatic carbocycles. The van der Waals surface area contributed by atoms with E-state index in [4.69, 9.17) is 0 Å². The van der Waals surface area contributed by atoms with Crippen LogP contribution in [0.1, 0.15) is 11.1 Å². The molecule has 0 fully saturated rings. The first-order valence-corrected chi connectivity index (χ1v) is 8.34. The van der Waals surface area contributed by atoms with E-state index in [1.165, 1.54) is 16.2 Å². The first kappa shape index (κ1) is 14.0. The highest BCUT2D eigenvalue weighted by Gasteiger charge is 2.23. The normalized spacial score (nSPS) is 14.9. The zero-order valence-electron chi connectivity index (χ0n) is 13.5. The van der Waals surface area contributed by atoms with E-state index >= 15 is 0 Å². The van der Waals surface area contributed by atoms with Crippen LogP contribution in [0.3, 0.4) is 0 Å². The van der Waals surface area contributed by atoms with E-state index in [9.17, 15) is 4.79 Å². The fourth-order valence-corrected chi connectivity index (χ4v) is 3.64. The standard InChI is InChI=1S/C23H15NO/c25-23-21(20-11-5-6-12-22(20)24-23)14-16-13-15-7-1-2-8-17(15)19-10-4-3-9-18(16)19/h1-14H,(H,24,25)/b21-14+. The van der Waals surface area contributed by atoms with Gasteiger partial charge < -0.3 is 5.32 Å². The lowest BCUT2D eigenvalue weighted by atomic mass is 9.95. The van der Waals surface area contributed by atoms with E-state index in [2.05, 4.69) is 47.8 Å². The lowest BCUT2D eigenvalue weighted by Crippen LogP contribution is -2.03. The Balaban J connectivity index is 1.82. The van der Waals surface area contributed by atoms with Crippen molar-refractivity contribution < 1.29 is 4.79 Å². The number of fused-ring (bicyclic) bond motifs is 4. The van der Waals surface area contributed by atoms with Gasteiger partial charge in [0.2, 0.25) is 0 Å². The van der Waals surface area contributed by atoms with Gasteiger partial charge >= 0.3 is 0 Å². The zero-order valence-corrected chi connectivity index (χ0v) is 13.5. The minimum absolute atomic E-state index is 0.0431. The molecule has 1 N–H and O–H groups in total. The molecule has 1 aliphatic rings. The van der Waals surface area contributed by atoms with Crippen molar-refractivity contribution in [1.82, 2.24) is 0 Å². The second-order valence-electron chi connectivity index (χ2n) is 6.29. The summed E-state index contributed by atoms with van der Waals surface area (Å²) in [7, 11) is 0. The van der Waals surface area contributed by atoms with E-state index in [-0.39, 0.29) is 5.91 Å². The molecule has 1 amide bonds. The van der Waals surface area contributed by atoms with Gasteiger partial charge in [0.25, 0.3) is 5.91 Å². The van der Waals surface area contributed by atoms with Gasteiger partial charge in [-0.2, -0.15) is 0 Å².